The molecule has 0 radical (unpaired) electrons. The Morgan fingerprint density at radius 3 is 2.89 bits per heavy atom. The molecule has 0 saturated carbocycles. The van der Waals surface area contributed by atoms with Gasteiger partial charge in [0, 0.05) is 17.5 Å². The lowest BCUT2D eigenvalue weighted by Gasteiger charge is -2.26. The van der Waals surface area contributed by atoms with Crippen LogP contribution in [0.4, 0.5) is 0 Å². The predicted molar refractivity (Wildman–Crippen MR) is 34.0 cm³/mol. The highest BCUT2D eigenvalue weighted by Crippen LogP contribution is 1.99. The molecule has 1 aliphatic rings. The molecule has 0 fully saturated rings. The third-order valence-corrected chi connectivity index (χ3v) is 1.03. The molecule has 6 heteroatoms. The van der Waals surface area contributed by atoms with Crippen molar-refractivity contribution >= 4 is 11.8 Å². The SMILES string of the molecule is NC1=CN(Cl)NN(N)C1. The Morgan fingerprint density at radius 1 is 1.78 bits per heavy atom. The first kappa shape index (κ1) is 6.63. The van der Waals surface area contributed by atoms with Gasteiger partial charge >= 0.3 is 0 Å². The summed E-state index contributed by atoms with van der Waals surface area (Å²) in [5.41, 5.74) is 8.57. The van der Waals surface area contributed by atoms with E-state index in [0.29, 0.717) is 12.2 Å². The van der Waals surface area contributed by atoms with Gasteiger partial charge in [-0.25, -0.2) is 4.53 Å². The number of nitrogens with zero attached hydrogens (tertiary/aromatic N) is 2. The fourth-order valence-electron chi connectivity index (χ4n) is 0.570. The van der Waals surface area contributed by atoms with Gasteiger partial charge in [-0.1, -0.05) is 0 Å². The van der Waals surface area contributed by atoms with Crippen molar-refractivity contribution in [2.24, 2.45) is 11.6 Å². The van der Waals surface area contributed by atoms with Gasteiger partial charge in [0.1, 0.15) is 0 Å². The Labute approximate surface area is 57.8 Å². The van der Waals surface area contributed by atoms with Gasteiger partial charge in [-0.2, -0.15) is 5.12 Å². The number of hydrogen-bond acceptors (Lipinski definition) is 5. The van der Waals surface area contributed by atoms with E-state index in [9.17, 15) is 0 Å². The Balaban J connectivity index is 2.56. The third kappa shape index (κ3) is 1.72. The van der Waals surface area contributed by atoms with E-state index >= 15 is 0 Å². The largest absolute Gasteiger partial charge is 0.400 e. The minimum absolute atomic E-state index is 0.475. The Bertz CT molecular complexity index is 134. The maximum Gasteiger partial charge on any atom is 0.0715 e. The van der Waals surface area contributed by atoms with Crippen LogP contribution in [0.15, 0.2) is 11.9 Å². The molecular formula is C3H8ClN5. The van der Waals surface area contributed by atoms with E-state index in [2.05, 4.69) is 5.53 Å². The number of nitrogens with one attached hydrogen (secondary N) is 1. The van der Waals surface area contributed by atoms with Gasteiger partial charge in [-0.05, 0) is 0 Å². The van der Waals surface area contributed by atoms with E-state index in [0.717, 1.165) is 0 Å². The zero-order valence-corrected chi connectivity index (χ0v) is 5.47. The molecule has 52 valence electrons. The molecular weight excluding hydrogens is 142 g/mol. The lowest BCUT2D eigenvalue weighted by Crippen LogP contribution is -2.53. The summed E-state index contributed by atoms with van der Waals surface area (Å²) < 4.78 is 1.17. The minimum Gasteiger partial charge on any atom is -0.400 e. The van der Waals surface area contributed by atoms with Crippen molar-refractivity contribution < 1.29 is 0 Å². The van der Waals surface area contributed by atoms with E-state index in [1.54, 1.807) is 6.20 Å². The lowest BCUT2D eigenvalue weighted by molar-refractivity contribution is 0.107. The molecule has 0 aliphatic carbocycles. The molecule has 1 aliphatic heterocycles. The van der Waals surface area contributed by atoms with Crippen molar-refractivity contribution in [1.82, 2.24) is 15.2 Å². The lowest BCUT2D eigenvalue weighted by atomic mass is 10.5. The molecule has 5 N–H and O–H groups in total. The Morgan fingerprint density at radius 2 is 2.44 bits per heavy atom. The van der Waals surface area contributed by atoms with Crippen LogP contribution in [-0.4, -0.2) is 16.2 Å². The maximum atomic E-state index is 5.45. The van der Waals surface area contributed by atoms with Crippen molar-refractivity contribution in [3.05, 3.63) is 11.9 Å². The van der Waals surface area contributed by atoms with E-state index < -0.39 is 0 Å². The smallest absolute Gasteiger partial charge is 0.0715 e. The quantitative estimate of drug-likeness (QED) is 0.300. The molecule has 0 amide bonds. The summed E-state index contributed by atoms with van der Waals surface area (Å²) in [5.74, 6) is 5.29. The van der Waals surface area contributed by atoms with E-state index in [-0.39, 0.29) is 0 Å². The summed E-state index contributed by atoms with van der Waals surface area (Å²) in [4.78, 5) is 0. The molecule has 1 rings (SSSR count). The highest BCUT2D eigenvalue weighted by molar-refractivity contribution is 6.13. The van der Waals surface area contributed by atoms with Crippen LogP contribution in [0.1, 0.15) is 0 Å². The summed E-state index contributed by atoms with van der Waals surface area (Å²) in [5, 5.41) is 1.28. The highest BCUT2D eigenvalue weighted by Gasteiger charge is 2.09. The summed E-state index contributed by atoms with van der Waals surface area (Å²) in [6.45, 7) is 0.475. The second-order valence-electron chi connectivity index (χ2n) is 1.74. The second-order valence-corrected chi connectivity index (χ2v) is 2.11. The van der Waals surface area contributed by atoms with Gasteiger partial charge in [0.15, 0.2) is 0 Å². The van der Waals surface area contributed by atoms with Gasteiger partial charge in [-0.3, -0.25) is 5.84 Å². The van der Waals surface area contributed by atoms with Gasteiger partial charge in [0.25, 0.3) is 0 Å². The molecule has 0 spiro atoms. The van der Waals surface area contributed by atoms with Crippen LogP contribution in [0.5, 0.6) is 0 Å². The summed E-state index contributed by atoms with van der Waals surface area (Å²) in [6.07, 6.45) is 1.55. The Kier molecular flexibility index (Phi) is 1.77. The highest BCUT2D eigenvalue weighted by atomic mass is 35.5. The topological polar surface area (TPSA) is 70.5 Å². The maximum absolute atomic E-state index is 5.45. The number of nitrogens with two attached hydrogens (primary N) is 2. The van der Waals surface area contributed by atoms with Crippen LogP contribution in [0.25, 0.3) is 0 Å². The molecule has 0 unspecified atom stereocenters. The fourth-order valence-corrected chi connectivity index (χ4v) is 0.792. The first-order chi connectivity index (χ1) is 4.18. The van der Waals surface area contributed by atoms with Crippen LogP contribution >= 0.6 is 11.8 Å². The molecule has 0 aromatic carbocycles. The van der Waals surface area contributed by atoms with E-state index in [1.807, 2.05) is 0 Å². The van der Waals surface area contributed by atoms with Crippen molar-refractivity contribution in [2.75, 3.05) is 6.54 Å². The molecule has 0 saturated heterocycles. The van der Waals surface area contributed by atoms with Crippen molar-refractivity contribution in [2.45, 2.75) is 0 Å². The average molecular weight is 150 g/mol. The molecule has 0 atom stereocenters. The third-order valence-electron chi connectivity index (χ3n) is 0.856. The standard InChI is InChI=1S/C3H8ClN5/c4-8-1-3(5)2-9(6)7-8/h1,7H,2,5-6H2. The van der Waals surface area contributed by atoms with Crippen LogP contribution in [0, 0.1) is 0 Å². The van der Waals surface area contributed by atoms with Crippen LogP contribution in [0.3, 0.4) is 0 Å². The van der Waals surface area contributed by atoms with E-state index in [1.165, 1.54) is 9.65 Å². The molecule has 9 heavy (non-hydrogen) atoms. The zero-order chi connectivity index (χ0) is 6.85. The van der Waals surface area contributed by atoms with Gasteiger partial charge in [0.2, 0.25) is 0 Å². The molecule has 0 aromatic heterocycles. The minimum atomic E-state index is 0.475. The average Bonchev–Trinajstić information content (AvgIpc) is 1.59. The number of halogens is 1. The van der Waals surface area contributed by atoms with Crippen LogP contribution in [0.2, 0.25) is 0 Å². The monoisotopic (exact) mass is 149 g/mol. The summed E-state index contributed by atoms with van der Waals surface area (Å²) in [6, 6.07) is 0. The Hall–Kier alpha value is -0.490. The first-order valence-electron chi connectivity index (χ1n) is 2.38. The van der Waals surface area contributed by atoms with Gasteiger partial charge in [0.05, 0.1) is 12.7 Å². The van der Waals surface area contributed by atoms with Gasteiger partial charge < -0.3 is 5.73 Å². The number of hydrazine groups is 3. The number of rotatable bonds is 0. The normalized spacial score (nSPS) is 22.0. The molecule has 0 aromatic rings. The first-order valence-corrected chi connectivity index (χ1v) is 2.72. The van der Waals surface area contributed by atoms with Crippen LogP contribution in [-0.2, 0) is 0 Å². The molecule has 0 bridgehead atoms. The van der Waals surface area contributed by atoms with E-state index in [4.69, 9.17) is 23.4 Å². The molecule has 5 nitrogen and oxygen atoms in total. The van der Waals surface area contributed by atoms with Gasteiger partial charge in [-0.15, -0.1) is 5.53 Å². The predicted octanol–water partition coefficient (Wildman–Crippen LogP) is -1.15. The van der Waals surface area contributed by atoms with Crippen molar-refractivity contribution in [3.8, 4) is 0 Å². The zero-order valence-electron chi connectivity index (χ0n) is 4.71. The second kappa shape index (κ2) is 2.40. The molecule has 1 heterocycles. The summed E-state index contributed by atoms with van der Waals surface area (Å²) in [7, 11) is 0. The number of hydrogen-bond donors (Lipinski definition) is 3. The van der Waals surface area contributed by atoms with Crippen molar-refractivity contribution in [3.63, 3.8) is 0 Å². The van der Waals surface area contributed by atoms with Crippen LogP contribution < -0.4 is 17.1 Å². The fraction of sp³-hybridized carbons (Fsp3) is 0.333. The summed E-state index contributed by atoms with van der Waals surface area (Å²) >= 11 is 5.45. The van der Waals surface area contributed by atoms with Crippen molar-refractivity contribution in [1.29, 1.82) is 0 Å².